The Bertz CT molecular complexity index is 239. The van der Waals surface area contributed by atoms with E-state index in [2.05, 4.69) is 63.4 Å². The van der Waals surface area contributed by atoms with E-state index in [1.165, 1.54) is 0 Å². The minimum atomic E-state index is -1.60. The van der Waals surface area contributed by atoms with Gasteiger partial charge in [-0.3, -0.25) is 11.0 Å². The molecule has 0 saturated heterocycles. The molecule has 0 aliphatic heterocycles. The van der Waals surface area contributed by atoms with E-state index < -0.39 is 16.6 Å². The van der Waals surface area contributed by atoms with E-state index in [-0.39, 0.29) is 0 Å². The molecule has 0 fully saturated rings. The molecule has 4 nitrogen and oxygen atoms in total. The van der Waals surface area contributed by atoms with E-state index in [1.807, 2.05) is 0 Å². The highest BCUT2D eigenvalue weighted by atomic mass is 28.4. The quantitative estimate of drug-likeness (QED) is 0.420. The highest BCUT2D eigenvalue weighted by Crippen LogP contribution is 2.06. The lowest BCUT2D eigenvalue weighted by atomic mass is 10.4. The van der Waals surface area contributed by atoms with Crippen molar-refractivity contribution in [3.63, 3.8) is 0 Å². The molecule has 2 N–H and O–H groups in total. The molecular weight excluding hydrogens is 236 g/mol. The van der Waals surface area contributed by atoms with Gasteiger partial charge in [0, 0.05) is 0 Å². The highest BCUT2D eigenvalue weighted by Gasteiger charge is 2.17. The molecule has 16 heavy (non-hydrogen) atoms. The first kappa shape index (κ1) is 15.4. The molecule has 94 valence electrons. The zero-order valence-corrected chi connectivity index (χ0v) is 13.2. The summed E-state index contributed by atoms with van der Waals surface area (Å²) < 4.78 is 11.0. The molecular formula is C10H24N2O2Si2. The Kier molecular flexibility index (Phi) is 5.47. The summed E-state index contributed by atoms with van der Waals surface area (Å²) in [6.45, 7) is 20.1. The third-order valence-electron chi connectivity index (χ3n) is 1.33. The molecule has 0 rings (SSSR count). The first-order valence-corrected chi connectivity index (χ1v) is 12.1. The lowest BCUT2D eigenvalue weighted by molar-refractivity contribution is 0.196. The zero-order valence-electron chi connectivity index (χ0n) is 11.2. The minimum absolute atomic E-state index is 0.598. The molecule has 0 atom stereocenters. The van der Waals surface area contributed by atoms with Crippen LogP contribution in [0.15, 0.2) is 24.6 Å². The summed E-state index contributed by atoms with van der Waals surface area (Å²) >= 11 is 0. The van der Waals surface area contributed by atoms with Crippen molar-refractivity contribution < 1.29 is 9.05 Å². The van der Waals surface area contributed by atoms with Gasteiger partial charge in [0.15, 0.2) is 0 Å². The Hall–Kier alpha value is -0.566. The van der Waals surface area contributed by atoms with Crippen molar-refractivity contribution in [1.29, 1.82) is 0 Å². The van der Waals surface area contributed by atoms with Crippen molar-refractivity contribution in [1.82, 2.24) is 11.0 Å². The fraction of sp³-hybridized carbons (Fsp3) is 0.600. The molecule has 0 aromatic rings. The molecule has 0 aliphatic carbocycles. The van der Waals surface area contributed by atoms with Crippen LogP contribution in [0.2, 0.25) is 39.3 Å². The molecule has 0 spiro atoms. The zero-order chi connectivity index (χ0) is 13.0. The molecule has 0 unspecified atom stereocenters. The van der Waals surface area contributed by atoms with Crippen molar-refractivity contribution in [3.05, 3.63) is 24.6 Å². The van der Waals surface area contributed by atoms with Crippen LogP contribution >= 0.6 is 0 Å². The van der Waals surface area contributed by atoms with Crippen LogP contribution in [0.3, 0.4) is 0 Å². The van der Waals surface area contributed by atoms with Gasteiger partial charge in [0.2, 0.25) is 16.6 Å². The van der Waals surface area contributed by atoms with E-state index in [0.717, 1.165) is 0 Å². The van der Waals surface area contributed by atoms with Crippen molar-refractivity contribution in [2.75, 3.05) is 0 Å². The number of rotatable bonds is 7. The number of hydroxylamine groups is 2. The van der Waals surface area contributed by atoms with Gasteiger partial charge in [0.1, 0.15) is 0 Å². The van der Waals surface area contributed by atoms with Gasteiger partial charge in [-0.1, -0.05) is 13.2 Å². The molecule has 0 heterocycles. The summed E-state index contributed by atoms with van der Waals surface area (Å²) in [6, 6.07) is 0. The molecule has 0 bridgehead atoms. The van der Waals surface area contributed by atoms with Gasteiger partial charge in [-0.05, 0) is 39.3 Å². The van der Waals surface area contributed by atoms with Crippen LogP contribution in [0.25, 0.3) is 0 Å². The maximum absolute atomic E-state index is 5.49. The van der Waals surface area contributed by atoms with Gasteiger partial charge < -0.3 is 9.05 Å². The molecule has 0 saturated carbocycles. The lowest BCUT2D eigenvalue weighted by Gasteiger charge is -2.23. The Morgan fingerprint density at radius 3 is 1.19 bits per heavy atom. The number of hydrogen-bond donors (Lipinski definition) is 2. The predicted molar refractivity (Wildman–Crippen MR) is 73.4 cm³/mol. The average Bonchev–Trinajstić information content (AvgIpc) is 2.07. The normalized spacial score (nSPS) is 12.1. The number of nitrogens with one attached hydrogen (secondary N) is 2. The summed E-state index contributed by atoms with van der Waals surface area (Å²) in [7, 11) is -3.20. The third-order valence-corrected chi connectivity index (χ3v) is 2.75. The van der Waals surface area contributed by atoms with Gasteiger partial charge in [0.05, 0.1) is 11.4 Å². The molecule has 0 aromatic heterocycles. The fourth-order valence-corrected chi connectivity index (χ4v) is 1.41. The predicted octanol–water partition coefficient (Wildman–Crippen LogP) is 2.73. The van der Waals surface area contributed by atoms with Gasteiger partial charge in [-0.15, -0.1) is 0 Å². The summed E-state index contributed by atoms with van der Waals surface area (Å²) in [6.07, 6.45) is 0. The molecule has 0 radical (unpaired) electrons. The van der Waals surface area contributed by atoms with Crippen LogP contribution < -0.4 is 11.0 Å². The smallest absolute Gasteiger partial charge is 0.220 e. The van der Waals surface area contributed by atoms with Crippen molar-refractivity contribution in [3.8, 4) is 0 Å². The molecule has 0 amide bonds. The monoisotopic (exact) mass is 260 g/mol. The Balaban J connectivity index is 3.97. The minimum Gasteiger partial charge on any atom is -0.323 e. The summed E-state index contributed by atoms with van der Waals surface area (Å²) in [4.78, 5) is 0. The summed E-state index contributed by atoms with van der Waals surface area (Å²) in [5.74, 6) is 0. The van der Waals surface area contributed by atoms with Gasteiger partial charge in [0.25, 0.3) is 0 Å². The second kappa shape index (κ2) is 5.67. The van der Waals surface area contributed by atoms with Crippen LogP contribution in [0, 0.1) is 0 Å². The van der Waals surface area contributed by atoms with Crippen molar-refractivity contribution >= 4 is 16.6 Å². The maximum atomic E-state index is 5.49. The van der Waals surface area contributed by atoms with E-state index in [0.29, 0.717) is 11.4 Å². The first-order valence-electron chi connectivity index (χ1n) is 5.27. The Morgan fingerprint density at radius 2 is 1.00 bits per heavy atom. The van der Waals surface area contributed by atoms with Crippen molar-refractivity contribution in [2.24, 2.45) is 0 Å². The van der Waals surface area contributed by atoms with Gasteiger partial charge in [-0.2, -0.15) is 0 Å². The van der Waals surface area contributed by atoms with Crippen LogP contribution in [0.1, 0.15) is 0 Å². The second-order valence-electron chi connectivity index (χ2n) is 5.59. The van der Waals surface area contributed by atoms with Crippen LogP contribution in [-0.4, -0.2) is 16.6 Å². The van der Waals surface area contributed by atoms with Crippen LogP contribution in [-0.2, 0) is 9.05 Å². The van der Waals surface area contributed by atoms with E-state index in [9.17, 15) is 0 Å². The maximum Gasteiger partial charge on any atom is 0.220 e. The molecule has 0 aliphatic rings. The molecule has 0 aromatic carbocycles. The van der Waals surface area contributed by atoms with Crippen LogP contribution in [0.4, 0.5) is 0 Å². The van der Waals surface area contributed by atoms with E-state index in [1.54, 1.807) is 0 Å². The Labute approximate surface area is 101 Å². The average molecular weight is 260 g/mol. The second-order valence-corrected chi connectivity index (χ2v) is 14.4. The van der Waals surface area contributed by atoms with E-state index in [4.69, 9.17) is 9.05 Å². The lowest BCUT2D eigenvalue weighted by Crippen LogP contribution is -2.37. The fourth-order valence-electron chi connectivity index (χ4n) is 0.553. The van der Waals surface area contributed by atoms with Crippen LogP contribution in [0.5, 0.6) is 0 Å². The number of hydrogen-bond acceptors (Lipinski definition) is 4. The van der Waals surface area contributed by atoms with Gasteiger partial charge >= 0.3 is 0 Å². The first-order chi connectivity index (χ1) is 7.01. The van der Waals surface area contributed by atoms with E-state index >= 15 is 0 Å². The summed E-state index contributed by atoms with van der Waals surface area (Å²) in [5.41, 5.74) is 6.79. The van der Waals surface area contributed by atoms with Crippen molar-refractivity contribution in [2.45, 2.75) is 39.3 Å². The third kappa shape index (κ3) is 8.72. The summed E-state index contributed by atoms with van der Waals surface area (Å²) in [5, 5.41) is 0. The Morgan fingerprint density at radius 1 is 0.750 bits per heavy atom. The largest absolute Gasteiger partial charge is 0.323 e. The topological polar surface area (TPSA) is 42.5 Å². The SMILES string of the molecule is C=C(NO[Si](C)(C)C)C(=C)NO[Si](C)(C)C. The molecule has 6 heteroatoms. The standard InChI is InChI=1S/C10H24N2O2Si2/c1-9(11-13-15(3,4)5)10(2)12-14-16(6,7)8/h11-12H,1-2H2,3-8H3. The van der Waals surface area contributed by atoms with Gasteiger partial charge in [-0.25, -0.2) is 0 Å². The highest BCUT2D eigenvalue weighted by molar-refractivity contribution is 6.70.